The second-order valence-electron chi connectivity index (χ2n) is 8.87. The van der Waals surface area contributed by atoms with E-state index < -0.39 is 15.9 Å². The number of halogens is 1. The lowest BCUT2D eigenvalue weighted by Gasteiger charge is -2.21. The summed E-state index contributed by atoms with van der Waals surface area (Å²) in [5, 5.41) is 3.95. The number of rotatable bonds is 7. The van der Waals surface area contributed by atoms with Crippen LogP contribution in [0, 0.1) is 0 Å². The fourth-order valence-electron chi connectivity index (χ4n) is 4.33. The number of fused-ring (bicyclic) bond motifs is 1. The molecule has 1 atom stereocenters. The molecule has 0 spiro atoms. The zero-order chi connectivity index (χ0) is 27.7. The van der Waals surface area contributed by atoms with Crippen LogP contribution in [0.1, 0.15) is 25.7 Å². The Morgan fingerprint density at radius 2 is 1.77 bits per heavy atom. The molecule has 5 rings (SSSR count). The van der Waals surface area contributed by atoms with Crippen molar-refractivity contribution in [3.05, 3.63) is 100 Å². The topological polar surface area (TPSA) is 133 Å². The third-order valence-electron chi connectivity index (χ3n) is 6.32. The highest BCUT2D eigenvalue weighted by atomic mass is 35.5. The minimum absolute atomic E-state index is 0.0223. The summed E-state index contributed by atoms with van der Waals surface area (Å²) in [6.45, 7) is 3.44. The average molecular weight is 561 g/mol. The summed E-state index contributed by atoms with van der Waals surface area (Å²) >= 11 is 6.40. The van der Waals surface area contributed by atoms with Gasteiger partial charge in [0, 0.05) is 11.8 Å². The number of para-hydroxylation sites is 1. The lowest BCUT2D eigenvalue weighted by molar-refractivity contribution is 0.597. The molecule has 0 bridgehead atoms. The highest BCUT2D eigenvalue weighted by Crippen LogP contribution is 2.31. The summed E-state index contributed by atoms with van der Waals surface area (Å²) in [6, 6.07) is 20.3. The van der Waals surface area contributed by atoms with Gasteiger partial charge in [-0.1, -0.05) is 54.9 Å². The van der Waals surface area contributed by atoms with Gasteiger partial charge < -0.3 is 11.1 Å². The van der Waals surface area contributed by atoms with Crippen molar-refractivity contribution in [1.82, 2.24) is 19.5 Å². The minimum atomic E-state index is -3.43. The largest absolute Gasteiger partial charge is 0.368 e. The first-order valence-corrected chi connectivity index (χ1v) is 14.2. The van der Waals surface area contributed by atoms with Crippen molar-refractivity contribution in [1.29, 1.82) is 0 Å². The van der Waals surface area contributed by atoms with Crippen molar-refractivity contribution in [3.8, 4) is 16.8 Å². The van der Waals surface area contributed by atoms with E-state index in [4.69, 9.17) is 22.3 Å². The molecular weight excluding hydrogens is 536 g/mol. The van der Waals surface area contributed by atoms with Crippen LogP contribution in [0.25, 0.3) is 27.7 Å². The Balaban J connectivity index is 1.65. The summed E-state index contributed by atoms with van der Waals surface area (Å²) in [5.74, 6) is 0.794. The van der Waals surface area contributed by atoms with E-state index in [1.54, 1.807) is 49.4 Å². The van der Waals surface area contributed by atoms with Crippen LogP contribution < -0.4 is 16.6 Å². The maximum Gasteiger partial charge on any atom is 0.267 e. The minimum Gasteiger partial charge on any atom is -0.368 e. The SMILES string of the molecule is CCS(=O)(=O)c1cccc(-c2cnc(N)nc2N[C@@H](C)c2nc3cccc(Cl)c3c(=O)n2-c2ccccc2)c1. The Kier molecular flexibility index (Phi) is 7.07. The van der Waals surface area contributed by atoms with Gasteiger partial charge in [-0.25, -0.2) is 18.4 Å². The van der Waals surface area contributed by atoms with Gasteiger partial charge in [0.2, 0.25) is 5.95 Å². The number of anilines is 2. The van der Waals surface area contributed by atoms with Crippen molar-refractivity contribution in [2.75, 3.05) is 16.8 Å². The number of nitrogens with zero attached hydrogens (tertiary/aromatic N) is 4. The van der Waals surface area contributed by atoms with Gasteiger partial charge in [-0.2, -0.15) is 4.98 Å². The molecule has 198 valence electrons. The normalized spacial score (nSPS) is 12.4. The van der Waals surface area contributed by atoms with Gasteiger partial charge in [0.25, 0.3) is 5.56 Å². The van der Waals surface area contributed by atoms with Crippen molar-refractivity contribution in [2.45, 2.75) is 24.8 Å². The third-order valence-corrected chi connectivity index (χ3v) is 8.37. The number of benzene rings is 3. The Bertz CT molecular complexity index is 1860. The summed E-state index contributed by atoms with van der Waals surface area (Å²) in [5.41, 5.74) is 7.85. The van der Waals surface area contributed by atoms with Crippen LogP contribution in [0.15, 0.2) is 88.7 Å². The zero-order valence-electron chi connectivity index (χ0n) is 21.2. The maximum atomic E-state index is 13.7. The molecule has 0 aliphatic heterocycles. The third kappa shape index (κ3) is 5.08. The Morgan fingerprint density at radius 1 is 1.03 bits per heavy atom. The summed E-state index contributed by atoms with van der Waals surface area (Å²) in [6.07, 6.45) is 1.53. The van der Waals surface area contributed by atoms with Crippen LogP contribution in [-0.2, 0) is 9.84 Å². The highest BCUT2D eigenvalue weighted by Gasteiger charge is 2.22. The predicted octanol–water partition coefficient (Wildman–Crippen LogP) is 5.05. The maximum absolute atomic E-state index is 13.7. The Labute approximate surface area is 230 Å². The van der Waals surface area contributed by atoms with Crippen LogP contribution in [0.5, 0.6) is 0 Å². The van der Waals surface area contributed by atoms with E-state index in [0.29, 0.717) is 44.4 Å². The molecule has 0 amide bonds. The lowest BCUT2D eigenvalue weighted by atomic mass is 10.1. The quantitative estimate of drug-likeness (QED) is 0.283. The molecule has 11 heteroatoms. The zero-order valence-corrected chi connectivity index (χ0v) is 22.7. The second kappa shape index (κ2) is 10.5. The van der Waals surface area contributed by atoms with Gasteiger partial charge in [-0.05, 0) is 48.9 Å². The molecule has 0 unspecified atom stereocenters. The van der Waals surface area contributed by atoms with E-state index in [1.165, 1.54) is 10.8 Å². The van der Waals surface area contributed by atoms with Crippen LogP contribution >= 0.6 is 11.6 Å². The molecule has 3 N–H and O–H groups in total. The average Bonchev–Trinajstić information content (AvgIpc) is 2.93. The smallest absolute Gasteiger partial charge is 0.267 e. The number of nitrogens with one attached hydrogen (secondary N) is 1. The standard InChI is InChI=1S/C28H25ClN6O3S/c1-3-39(37,38)20-12-7-9-18(15-20)21-16-31-28(30)34-25(21)32-17(2)26-33-23-14-8-13-22(29)24(23)27(36)35(26)19-10-5-4-6-11-19/h4-17H,3H2,1-2H3,(H3,30,31,32,34)/t17-/m0/s1. The molecule has 0 aliphatic carbocycles. The predicted molar refractivity (Wildman–Crippen MR) is 154 cm³/mol. The number of hydrogen-bond donors (Lipinski definition) is 2. The van der Waals surface area contributed by atoms with E-state index in [-0.39, 0.29) is 22.2 Å². The molecule has 39 heavy (non-hydrogen) atoms. The van der Waals surface area contributed by atoms with Gasteiger partial charge in [-0.3, -0.25) is 9.36 Å². The van der Waals surface area contributed by atoms with E-state index in [0.717, 1.165) is 0 Å². The number of hydrogen-bond acceptors (Lipinski definition) is 8. The summed E-state index contributed by atoms with van der Waals surface area (Å²) in [4.78, 5) is 27.3. The van der Waals surface area contributed by atoms with Gasteiger partial charge >= 0.3 is 0 Å². The van der Waals surface area contributed by atoms with Crippen molar-refractivity contribution >= 4 is 44.1 Å². The van der Waals surface area contributed by atoms with Gasteiger partial charge in [0.1, 0.15) is 11.6 Å². The molecular formula is C28H25ClN6O3S. The first-order chi connectivity index (χ1) is 18.7. The fourth-order valence-corrected chi connectivity index (χ4v) is 5.51. The number of aromatic nitrogens is 4. The van der Waals surface area contributed by atoms with Crippen molar-refractivity contribution < 1.29 is 8.42 Å². The molecule has 9 nitrogen and oxygen atoms in total. The first kappa shape index (κ1) is 26.3. The van der Waals surface area contributed by atoms with Gasteiger partial charge in [0.05, 0.1) is 38.3 Å². The molecule has 5 aromatic rings. The fraction of sp³-hybridized carbons (Fsp3) is 0.143. The van der Waals surface area contributed by atoms with Gasteiger partial charge in [0.15, 0.2) is 9.84 Å². The van der Waals surface area contributed by atoms with Crippen LogP contribution in [0.4, 0.5) is 11.8 Å². The molecule has 3 aromatic carbocycles. The molecule has 0 saturated heterocycles. The van der Waals surface area contributed by atoms with E-state index in [2.05, 4.69) is 15.3 Å². The molecule has 2 heterocycles. The summed E-state index contributed by atoms with van der Waals surface area (Å²) < 4.78 is 26.5. The summed E-state index contributed by atoms with van der Waals surface area (Å²) in [7, 11) is -3.43. The second-order valence-corrected chi connectivity index (χ2v) is 11.6. The molecule has 0 aliphatic rings. The number of nitrogens with two attached hydrogens (primary N) is 1. The van der Waals surface area contributed by atoms with Gasteiger partial charge in [-0.15, -0.1) is 0 Å². The molecule has 0 fully saturated rings. The van der Waals surface area contributed by atoms with Crippen molar-refractivity contribution in [2.24, 2.45) is 0 Å². The first-order valence-electron chi connectivity index (χ1n) is 12.2. The van der Waals surface area contributed by atoms with E-state index >= 15 is 0 Å². The number of sulfone groups is 1. The Hall–Kier alpha value is -4.28. The molecule has 0 radical (unpaired) electrons. The van der Waals surface area contributed by atoms with Crippen LogP contribution in [-0.4, -0.2) is 33.7 Å². The Morgan fingerprint density at radius 3 is 2.51 bits per heavy atom. The van der Waals surface area contributed by atoms with E-state index in [1.807, 2.05) is 37.3 Å². The lowest BCUT2D eigenvalue weighted by Crippen LogP contribution is -2.27. The number of nitrogen functional groups attached to an aromatic ring is 1. The van der Waals surface area contributed by atoms with E-state index in [9.17, 15) is 13.2 Å². The molecule has 2 aromatic heterocycles. The van der Waals surface area contributed by atoms with Crippen molar-refractivity contribution in [3.63, 3.8) is 0 Å². The monoisotopic (exact) mass is 560 g/mol. The van der Waals surface area contributed by atoms with Crippen LogP contribution in [0.3, 0.4) is 0 Å². The highest BCUT2D eigenvalue weighted by molar-refractivity contribution is 7.91. The van der Waals surface area contributed by atoms with Crippen LogP contribution in [0.2, 0.25) is 5.02 Å². The molecule has 0 saturated carbocycles.